The third-order valence-electron chi connectivity index (χ3n) is 2.94. The molecule has 0 radical (unpaired) electrons. The van der Waals surface area contributed by atoms with Crippen LogP contribution >= 0.6 is 0 Å². The molecule has 1 aromatic rings. The second-order valence-corrected chi connectivity index (χ2v) is 3.75. The van der Waals surface area contributed by atoms with Gasteiger partial charge in [0.25, 0.3) is 0 Å². The van der Waals surface area contributed by atoms with E-state index in [1.165, 1.54) is 25.7 Å². The van der Waals surface area contributed by atoms with Gasteiger partial charge in [0.1, 0.15) is 0 Å². The van der Waals surface area contributed by atoms with Crippen LogP contribution in [-0.4, -0.2) is 5.16 Å². The first-order valence-electron chi connectivity index (χ1n) is 5.06. The summed E-state index contributed by atoms with van der Waals surface area (Å²) < 4.78 is 5.03. The van der Waals surface area contributed by atoms with E-state index >= 15 is 0 Å². The molecule has 1 heterocycles. The normalized spacial score (nSPS) is 18.2. The molecule has 13 heavy (non-hydrogen) atoms. The Balaban J connectivity index is 2.27. The lowest BCUT2D eigenvalue weighted by Gasteiger charge is -2.05. The molecule has 0 amide bonds. The molecular weight excluding hydrogens is 164 g/mol. The molecule has 1 aliphatic carbocycles. The maximum absolute atomic E-state index is 5.69. The lowest BCUT2D eigenvalue weighted by molar-refractivity contribution is 0.420. The van der Waals surface area contributed by atoms with E-state index in [2.05, 4.69) is 12.1 Å². The Labute approximate surface area is 78.3 Å². The minimum atomic E-state index is 0.518. The van der Waals surface area contributed by atoms with Crippen LogP contribution in [0.15, 0.2) is 4.52 Å². The first kappa shape index (κ1) is 8.60. The van der Waals surface area contributed by atoms with Crippen molar-refractivity contribution in [3.63, 3.8) is 0 Å². The molecule has 1 saturated carbocycles. The van der Waals surface area contributed by atoms with E-state index in [-0.39, 0.29) is 0 Å². The van der Waals surface area contributed by atoms with Crippen molar-refractivity contribution in [2.24, 2.45) is 0 Å². The average molecular weight is 180 g/mol. The zero-order valence-corrected chi connectivity index (χ0v) is 8.05. The first-order chi connectivity index (χ1) is 6.33. The van der Waals surface area contributed by atoms with E-state index in [0.717, 1.165) is 17.7 Å². The molecule has 72 valence electrons. The molecule has 0 saturated heterocycles. The van der Waals surface area contributed by atoms with Gasteiger partial charge >= 0.3 is 0 Å². The summed E-state index contributed by atoms with van der Waals surface area (Å²) >= 11 is 0. The number of aromatic nitrogens is 1. The molecule has 2 N–H and O–H groups in total. The van der Waals surface area contributed by atoms with Crippen LogP contribution in [0.25, 0.3) is 0 Å². The number of nitrogen functional groups attached to an aromatic ring is 1. The SMILES string of the molecule is CCc1c(C2CCCC2)noc1N. The summed E-state index contributed by atoms with van der Waals surface area (Å²) in [7, 11) is 0. The van der Waals surface area contributed by atoms with E-state index in [0.29, 0.717) is 11.8 Å². The van der Waals surface area contributed by atoms with E-state index in [1.54, 1.807) is 0 Å². The standard InChI is InChI=1S/C10H16N2O/c1-2-8-9(12-13-10(8)11)7-5-3-4-6-7/h7H,2-6,11H2,1H3. The molecule has 2 rings (SSSR count). The van der Waals surface area contributed by atoms with Crippen molar-refractivity contribution >= 4 is 5.88 Å². The zero-order valence-electron chi connectivity index (χ0n) is 8.05. The number of nitrogens with zero attached hydrogens (tertiary/aromatic N) is 1. The van der Waals surface area contributed by atoms with Crippen LogP contribution in [0.3, 0.4) is 0 Å². The number of hydrogen-bond acceptors (Lipinski definition) is 3. The number of nitrogens with two attached hydrogens (primary N) is 1. The Morgan fingerprint density at radius 2 is 2.15 bits per heavy atom. The van der Waals surface area contributed by atoms with Crippen LogP contribution in [0.5, 0.6) is 0 Å². The fourth-order valence-electron chi connectivity index (χ4n) is 2.21. The maximum Gasteiger partial charge on any atom is 0.225 e. The van der Waals surface area contributed by atoms with Gasteiger partial charge in [-0.15, -0.1) is 0 Å². The molecule has 0 aromatic carbocycles. The van der Waals surface area contributed by atoms with Crippen molar-refractivity contribution in [1.82, 2.24) is 5.16 Å². The smallest absolute Gasteiger partial charge is 0.225 e. The highest BCUT2D eigenvalue weighted by Gasteiger charge is 2.24. The van der Waals surface area contributed by atoms with Gasteiger partial charge in [0, 0.05) is 11.5 Å². The molecule has 1 aliphatic rings. The molecule has 1 aromatic heterocycles. The average Bonchev–Trinajstić information content (AvgIpc) is 2.71. The van der Waals surface area contributed by atoms with E-state index in [4.69, 9.17) is 10.3 Å². The lowest BCUT2D eigenvalue weighted by atomic mass is 9.99. The van der Waals surface area contributed by atoms with Gasteiger partial charge in [-0.25, -0.2) is 0 Å². The summed E-state index contributed by atoms with van der Waals surface area (Å²) in [5, 5.41) is 4.07. The summed E-state index contributed by atoms with van der Waals surface area (Å²) in [6, 6.07) is 0. The monoisotopic (exact) mass is 180 g/mol. The van der Waals surface area contributed by atoms with Gasteiger partial charge < -0.3 is 10.3 Å². The largest absolute Gasteiger partial charge is 0.367 e. The summed E-state index contributed by atoms with van der Waals surface area (Å²) in [5.74, 6) is 1.13. The van der Waals surface area contributed by atoms with E-state index in [9.17, 15) is 0 Å². The molecule has 0 bridgehead atoms. The highest BCUT2D eigenvalue weighted by molar-refractivity contribution is 5.40. The summed E-state index contributed by atoms with van der Waals surface area (Å²) in [5.41, 5.74) is 7.94. The summed E-state index contributed by atoms with van der Waals surface area (Å²) in [6.07, 6.45) is 6.07. The van der Waals surface area contributed by atoms with Gasteiger partial charge in [-0.3, -0.25) is 0 Å². The van der Waals surface area contributed by atoms with Crippen molar-refractivity contribution in [3.05, 3.63) is 11.3 Å². The number of hydrogen-bond donors (Lipinski definition) is 1. The second kappa shape index (κ2) is 3.40. The molecule has 3 heteroatoms. The third kappa shape index (κ3) is 1.43. The van der Waals surface area contributed by atoms with Gasteiger partial charge in [-0.05, 0) is 19.3 Å². The predicted octanol–water partition coefficient (Wildman–Crippen LogP) is 2.48. The Bertz CT molecular complexity index is 287. The van der Waals surface area contributed by atoms with Crippen LogP contribution in [0, 0.1) is 0 Å². The number of anilines is 1. The van der Waals surface area contributed by atoms with Crippen molar-refractivity contribution in [1.29, 1.82) is 0 Å². The fraction of sp³-hybridized carbons (Fsp3) is 0.700. The van der Waals surface area contributed by atoms with Crippen LogP contribution in [0.1, 0.15) is 49.8 Å². The quantitative estimate of drug-likeness (QED) is 0.760. The number of rotatable bonds is 2. The summed E-state index contributed by atoms with van der Waals surface area (Å²) in [4.78, 5) is 0. The molecule has 3 nitrogen and oxygen atoms in total. The van der Waals surface area contributed by atoms with Gasteiger partial charge in [0.2, 0.25) is 5.88 Å². The Morgan fingerprint density at radius 1 is 1.46 bits per heavy atom. The van der Waals surface area contributed by atoms with Crippen molar-refractivity contribution < 1.29 is 4.52 Å². The Hall–Kier alpha value is -0.990. The minimum absolute atomic E-state index is 0.518. The van der Waals surface area contributed by atoms with Gasteiger partial charge in [0.15, 0.2) is 0 Å². The maximum atomic E-state index is 5.69. The highest BCUT2D eigenvalue weighted by atomic mass is 16.5. The van der Waals surface area contributed by atoms with Gasteiger partial charge in [-0.2, -0.15) is 0 Å². The third-order valence-corrected chi connectivity index (χ3v) is 2.94. The first-order valence-corrected chi connectivity index (χ1v) is 5.06. The molecular formula is C10H16N2O. The predicted molar refractivity (Wildman–Crippen MR) is 51.5 cm³/mol. The van der Waals surface area contributed by atoms with Gasteiger partial charge in [0.05, 0.1) is 5.69 Å². The Morgan fingerprint density at radius 3 is 2.77 bits per heavy atom. The van der Waals surface area contributed by atoms with Crippen molar-refractivity contribution in [2.75, 3.05) is 5.73 Å². The van der Waals surface area contributed by atoms with Crippen LogP contribution < -0.4 is 5.73 Å². The van der Waals surface area contributed by atoms with E-state index in [1.807, 2.05) is 0 Å². The van der Waals surface area contributed by atoms with Crippen molar-refractivity contribution in [3.8, 4) is 0 Å². The minimum Gasteiger partial charge on any atom is -0.367 e. The highest BCUT2D eigenvalue weighted by Crippen LogP contribution is 2.36. The fourth-order valence-corrected chi connectivity index (χ4v) is 2.21. The Kier molecular flexibility index (Phi) is 2.25. The second-order valence-electron chi connectivity index (χ2n) is 3.75. The molecule has 0 atom stereocenters. The molecule has 1 fully saturated rings. The van der Waals surface area contributed by atoms with E-state index < -0.39 is 0 Å². The zero-order chi connectivity index (χ0) is 9.26. The van der Waals surface area contributed by atoms with Crippen LogP contribution in [0.2, 0.25) is 0 Å². The van der Waals surface area contributed by atoms with Crippen LogP contribution in [-0.2, 0) is 6.42 Å². The van der Waals surface area contributed by atoms with Gasteiger partial charge in [-0.1, -0.05) is 24.9 Å². The topological polar surface area (TPSA) is 52.0 Å². The lowest BCUT2D eigenvalue weighted by Crippen LogP contribution is -1.98. The molecule has 0 aliphatic heterocycles. The summed E-state index contributed by atoms with van der Waals surface area (Å²) in [6.45, 7) is 2.10. The van der Waals surface area contributed by atoms with Crippen molar-refractivity contribution in [2.45, 2.75) is 44.9 Å². The molecule has 0 unspecified atom stereocenters. The van der Waals surface area contributed by atoms with Crippen LogP contribution in [0.4, 0.5) is 5.88 Å². The molecule has 0 spiro atoms.